The molecule has 3 aromatic rings. The van der Waals surface area contributed by atoms with Gasteiger partial charge in [-0.15, -0.1) is 0 Å². The number of thiazole rings is 1. The molecule has 1 aromatic carbocycles. The lowest BCUT2D eigenvalue weighted by Crippen LogP contribution is -2.11. The van der Waals surface area contributed by atoms with Crippen LogP contribution in [0, 0.1) is 6.92 Å². The summed E-state index contributed by atoms with van der Waals surface area (Å²) in [5, 5.41) is 6.70. The van der Waals surface area contributed by atoms with Gasteiger partial charge in [0, 0.05) is 11.6 Å². The van der Waals surface area contributed by atoms with Crippen molar-refractivity contribution in [3.8, 4) is 17.1 Å². The maximum absolute atomic E-state index is 12.4. The number of aryl methyl sites for hydroxylation is 1. The van der Waals surface area contributed by atoms with E-state index < -0.39 is 11.9 Å². The van der Waals surface area contributed by atoms with Gasteiger partial charge in [0.05, 0.1) is 19.4 Å². The number of carbonyl (C=O) groups excluding carboxylic acids is 2. The van der Waals surface area contributed by atoms with Crippen LogP contribution in [0.4, 0.5) is 5.13 Å². The van der Waals surface area contributed by atoms with E-state index in [4.69, 9.17) is 14.0 Å². The lowest BCUT2D eigenvalue weighted by atomic mass is 10.1. The number of amides is 1. The summed E-state index contributed by atoms with van der Waals surface area (Å²) in [4.78, 5) is 28.7. The monoisotopic (exact) mass is 387 g/mol. The van der Waals surface area contributed by atoms with Crippen LogP contribution >= 0.6 is 11.3 Å². The van der Waals surface area contributed by atoms with Crippen molar-refractivity contribution >= 4 is 28.3 Å². The molecule has 0 saturated heterocycles. The third-order valence-corrected chi connectivity index (χ3v) is 4.65. The molecule has 2 aromatic heterocycles. The van der Waals surface area contributed by atoms with Crippen LogP contribution in [-0.4, -0.2) is 35.7 Å². The molecule has 0 aliphatic rings. The quantitative estimate of drug-likeness (QED) is 0.645. The number of nitrogens with zero attached hydrogens (tertiary/aromatic N) is 2. The molecule has 0 atom stereocenters. The highest BCUT2D eigenvalue weighted by atomic mass is 32.1. The molecule has 0 radical (unpaired) electrons. The minimum atomic E-state index is -0.484. The Morgan fingerprint density at radius 1 is 1.26 bits per heavy atom. The third kappa shape index (κ3) is 4.14. The SMILES string of the molecule is CCOC(=O)c1sc(NC(=O)c2cc(-c3ccc(OC)cc3)on2)nc1C. The molecule has 27 heavy (non-hydrogen) atoms. The molecule has 0 saturated carbocycles. The van der Waals surface area contributed by atoms with Gasteiger partial charge in [-0.3, -0.25) is 10.1 Å². The van der Waals surface area contributed by atoms with E-state index in [0.29, 0.717) is 22.1 Å². The van der Waals surface area contributed by atoms with Gasteiger partial charge in [0.2, 0.25) is 0 Å². The molecule has 0 fully saturated rings. The second-order valence-electron chi connectivity index (χ2n) is 5.41. The molecule has 8 nitrogen and oxygen atoms in total. The van der Waals surface area contributed by atoms with Crippen LogP contribution in [-0.2, 0) is 4.74 Å². The fourth-order valence-corrected chi connectivity index (χ4v) is 3.13. The van der Waals surface area contributed by atoms with Gasteiger partial charge in [-0.1, -0.05) is 16.5 Å². The number of carbonyl (C=O) groups is 2. The molecule has 1 amide bonds. The molecule has 0 aliphatic heterocycles. The van der Waals surface area contributed by atoms with Gasteiger partial charge in [-0.25, -0.2) is 9.78 Å². The van der Waals surface area contributed by atoms with Crippen LogP contribution in [0.5, 0.6) is 5.75 Å². The van der Waals surface area contributed by atoms with Gasteiger partial charge >= 0.3 is 5.97 Å². The smallest absolute Gasteiger partial charge is 0.350 e. The number of esters is 1. The topological polar surface area (TPSA) is 104 Å². The second-order valence-corrected chi connectivity index (χ2v) is 6.41. The number of rotatable bonds is 6. The van der Waals surface area contributed by atoms with Crippen LogP contribution in [0.25, 0.3) is 11.3 Å². The molecule has 1 N–H and O–H groups in total. The van der Waals surface area contributed by atoms with Crippen molar-refractivity contribution < 1.29 is 23.6 Å². The zero-order valence-electron chi connectivity index (χ0n) is 14.9. The van der Waals surface area contributed by atoms with E-state index in [-0.39, 0.29) is 17.4 Å². The van der Waals surface area contributed by atoms with Crippen molar-refractivity contribution in [3.05, 3.63) is 46.6 Å². The minimum Gasteiger partial charge on any atom is -0.497 e. The first kappa shape index (κ1) is 18.6. The van der Waals surface area contributed by atoms with E-state index in [0.717, 1.165) is 16.9 Å². The second kappa shape index (κ2) is 8.00. The van der Waals surface area contributed by atoms with Crippen LogP contribution in [0.3, 0.4) is 0 Å². The maximum Gasteiger partial charge on any atom is 0.350 e. The first-order valence-corrected chi connectivity index (χ1v) is 8.90. The van der Waals surface area contributed by atoms with E-state index >= 15 is 0 Å². The molecule has 0 spiro atoms. The van der Waals surface area contributed by atoms with E-state index in [2.05, 4.69) is 15.5 Å². The molecule has 0 bridgehead atoms. The van der Waals surface area contributed by atoms with Crippen molar-refractivity contribution in [2.24, 2.45) is 0 Å². The Hall–Kier alpha value is -3.20. The zero-order valence-corrected chi connectivity index (χ0v) is 15.8. The summed E-state index contributed by atoms with van der Waals surface area (Å²) < 4.78 is 15.3. The fraction of sp³-hybridized carbons (Fsp3) is 0.222. The van der Waals surface area contributed by atoms with Crippen LogP contribution < -0.4 is 10.1 Å². The number of ether oxygens (including phenoxy) is 2. The van der Waals surface area contributed by atoms with Gasteiger partial charge in [0.15, 0.2) is 16.6 Å². The Morgan fingerprint density at radius 3 is 2.67 bits per heavy atom. The molecule has 3 rings (SSSR count). The van der Waals surface area contributed by atoms with Crippen molar-refractivity contribution in [2.75, 3.05) is 19.0 Å². The number of aromatic nitrogens is 2. The number of nitrogens with one attached hydrogen (secondary N) is 1. The van der Waals surface area contributed by atoms with Crippen molar-refractivity contribution in [3.63, 3.8) is 0 Å². The molecule has 0 unspecified atom stereocenters. The highest BCUT2D eigenvalue weighted by molar-refractivity contribution is 7.17. The predicted molar refractivity (Wildman–Crippen MR) is 99.3 cm³/mol. The fourth-order valence-electron chi connectivity index (χ4n) is 2.27. The standard InChI is InChI=1S/C18H17N3O5S/c1-4-25-17(23)15-10(2)19-18(27-15)20-16(22)13-9-14(26-21-13)11-5-7-12(24-3)8-6-11/h5-9H,4H2,1-3H3,(H,19,20,22). The first-order chi connectivity index (χ1) is 13.0. The molecule has 0 aliphatic carbocycles. The van der Waals surface area contributed by atoms with E-state index in [1.54, 1.807) is 45.2 Å². The Balaban J connectivity index is 1.72. The Kier molecular flexibility index (Phi) is 5.51. The largest absolute Gasteiger partial charge is 0.497 e. The highest BCUT2D eigenvalue weighted by Gasteiger charge is 2.20. The summed E-state index contributed by atoms with van der Waals surface area (Å²) in [7, 11) is 1.58. The number of benzene rings is 1. The van der Waals surface area contributed by atoms with Gasteiger partial charge in [-0.05, 0) is 38.1 Å². The highest BCUT2D eigenvalue weighted by Crippen LogP contribution is 2.26. The van der Waals surface area contributed by atoms with Crippen molar-refractivity contribution in [2.45, 2.75) is 13.8 Å². The predicted octanol–water partition coefficient (Wildman–Crippen LogP) is 3.54. The van der Waals surface area contributed by atoms with E-state index in [9.17, 15) is 9.59 Å². The van der Waals surface area contributed by atoms with E-state index in [1.165, 1.54) is 6.07 Å². The number of anilines is 1. The Morgan fingerprint density at radius 2 is 2.00 bits per heavy atom. The van der Waals surface area contributed by atoms with Crippen molar-refractivity contribution in [1.29, 1.82) is 0 Å². The van der Waals surface area contributed by atoms with Gasteiger partial charge in [0.1, 0.15) is 10.6 Å². The van der Waals surface area contributed by atoms with Gasteiger partial charge in [0.25, 0.3) is 5.91 Å². The summed E-state index contributed by atoms with van der Waals surface area (Å²) in [5.74, 6) is 0.219. The molecule has 140 valence electrons. The van der Waals surface area contributed by atoms with Crippen molar-refractivity contribution in [1.82, 2.24) is 10.1 Å². The average molecular weight is 387 g/mol. The molecule has 2 heterocycles. The van der Waals surface area contributed by atoms with Gasteiger partial charge < -0.3 is 14.0 Å². The molecular weight excluding hydrogens is 370 g/mol. The summed E-state index contributed by atoms with van der Waals surface area (Å²) in [5.41, 5.74) is 1.36. The summed E-state index contributed by atoms with van der Waals surface area (Å²) in [6.07, 6.45) is 0. The van der Waals surface area contributed by atoms with E-state index in [1.807, 2.05) is 0 Å². The lowest BCUT2D eigenvalue weighted by molar-refractivity contribution is 0.0531. The maximum atomic E-state index is 12.4. The zero-order chi connectivity index (χ0) is 19.4. The summed E-state index contributed by atoms with van der Waals surface area (Å²) >= 11 is 1.05. The minimum absolute atomic E-state index is 0.103. The summed E-state index contributed by atoms with van der Waals surface area (Å²) in [6, 6.07) is 8.71. The summed E-state index contributed by atoms with van der Waals surface area (Å²) in [6.45, 7) is 3.67. The van der Waals surface area contributed by atoms with Crippen LogP contribution in [0.15, 0.2) is 34.9 Å². The normalized spacial score (nSPS) is 10.5. The lowest BCUT2D eigenvalue weighted by Gasteiger charge is -1.99. The average Bonchev–Trinajstić information content (AvgIpc) is 3.29. The Bertz CT molecular complexity index is 962. The number of hydrogen-bond donors (Lipinski definition) is 1. The van der Waals surface area contributed by atoms with Crippen LogP contribution in [0.2, 0.25) is 0 Å². The Labute approximate surface area is 159 Å². The first-order valence-electron chi connectivity index (χ1n) is 8.09. The van der Waals surface area contributed by atoms with Crippen LogP contribution in [0.1, 0.15) is 32.8 Å². The number of hydrogen-bond acceptors (Lipinski definition) is 8. The molecular formula is C18H17N3O5S. The number of methoxy groups -OCH3 is 1. The molecule has 9 heteroatoms. The third-order valence-electron chi connectivity index (χ3n) is 3.60. The van der Waals surface area contributed by atoms with Gasteiger partial charge in [-0.2, -0.15) is 0 Å².